The van der Waals surface area contributed by atoms with Crippen molar-refractivity contribution < 1.29 is 24.2 Å². The van der Waals surface area contributed by atoms with E-state index in [-0.39, 0.29) is 25.6 Å². The van der Waals surface area contributed by atoms with Crippen LogP contribution in [0.25, 0.3) is 0 Å². The topological polar surface area (TPSA) is 72.8 Å². The molecule has 0 saturated carbocycles. The highest BCUT2D eigenvalue weighted by molar-refractivity contribution is 5.70. The molecule has 1 atom stereocenters. The van der Waals surface area contributed by atoms with Gasteiger partial charge in [-0.3, -0.25) is 9.59 Å². The first-order valence-corrected chi connectivity index (χ1v) is 15.1. The molecule has 0 aliphatic rings. The molecule has 0 fully saturated rings. The van der Waals surface area contributed by atoms with Crippen LogP contribution in [0, 0.1) is 0 Å². The van der Waals surface area contributed by atoms with Crippen molar-refractivity contribution in [1.29, 1.82) is 0 Å². The van der Waals surface area contributed by atoms with Crippen LogP contribution in [0.3, 0.4) is 0 Å². The second-order valence-electron chi connectivity index (χ2n) is 10.2. The number of carbonyl (C=O) groups is 2. The highest BCUT2D eigenvalue weighted by atomic mass is 16.6. The Labute approximate surface area is 217 Å². The van der Waals surface area contributed by atoms with E-state index in [2.05, 4.69) is 6.92 Å². The van der Waals surface area contributed by atoms with Crippen molar-refractivity contribution in [2.75, 3.05) is 13.2 Å². The summed E-state index contributed by atoms with van der Waals surface area (Å²) in [7, 11) is 0. The molecule has 0 radical (unpaired) electrons. The molecule has 0 aromatic carbocycles. The number of esters is 2. The van der Waals surface area contributed by atoms with E-state index >= 15 is 0 Å². The minimum atomic E-state index is -0.758. The summed E-state index contributed by atoms with van der Waals surface area (Å²) >= 11 is 0. The van der Waals surface area contributed by atoms with E-state index < -0.39 is 12.1 Å². The summed E-state index contributed by atoms with van der Waals surface area (Å²) in [5.74, 6) is -0.682. The van der Waals surface area contributed by atoms with Gasteiger partial charge in [-0.15, -0.1) is 0 Å². The normalized spacial score (nSPS) is 12.0. The Kier molecular flexibility index (Phi) is 26.6. The fourth-order valence-corrected chi connectivity index (χ4v) is 4.35. The van der Waals surface area contributed by atoms with Crippen molar-refractivity contribution in [2.24, 2.45) is 0 Å². The maximum absolute atomic E-state index is 11.8. The average molecular weight is 499 g/mol. The average Bonchev–Trinajstić information content (AvgIpc) is 2.87. The van der Waals surface area contributed by atoms with E-state index in [1.54, 1.807) is 6.92 Å². The van der Waals surface area contributed by atoms with Gasteiger partial charge in [0.15, 0.2) is 6.10 Å². The number of carbonyl (C=O) groups excluding carboxylic acids is 2. The Morgan fingerprint density at radius 1 is 0.571 bits per heavy atom. The van der Waals surface area contributed by atoms with Crippen LogP contribution < -0.4 is 0 Å². The third kappa shape index (κ3) is 25.8. The molecule has 0 rings (SSSR count). The second kappa shape index (κ2) is 27.5. The number of aliphatic hydroxyl groups excluding tert-OH is 1. The number of unbranched alkanes of at least 4 members (excludes halogenated alkanes) is 20. The van der Waals surface area contributed by atoms with E-state index in [0.29, 0.717) is 6.42 Å². The van der Waals surface area contributed by atoms with Crippen LogP contribution in [0.2, 0.25) is 0 Å². The van der Waals surface area contributed by atoms with Gasteiger partial charge in [-0.25, -0.2) is 0 Å². The van der Waals surface area contributed by atoms with Crippen LogP contribution in [0.5, 0.6) is 0 Å². The Morgan fingerprint density at radius 2 is 0.943 bits per heavy atom. The summed E-state index contributed by atoms with van der Waals surface area (Å²) in [6, 6.07) is 0. The van der Waals surface area contributed by atoms with Crippen LogP contribution in [0.4, 0.5) is 0 Å². The molecule has 1 N–H and O–H groups in total. The summed E-state index contributed by atoms with van der Waals surface area (Å²) in [4.78, 5) is 23.0. The first-order chi connectivity index (χ1) is 17.1. The molecule has 1 unspecified atom stereocenters. The number of aliphatic hydroxyl groups is 1. The number of ether oxygens (including phenoxy) is 2. The number of hydrogen-bond donors (Lipinski definition) is 1. The van der Waals surface area contributed by atoms with Crippen LogP contribution in [-0.4, -0.2) is 36.4 Å². The predicted octanol–water partition coefficient (Wildman–Crippen LogP) is 8.45. The van der Waals surface area contributed by atoms with E-state index in [1.807, 2.05) is 0 Å². The zero-order chi connectivity index (χ0) is 25.8. The van der Waals surface area contributed by atoms with Crippen LogP contribution in [0.15, 0.2) is 0 Å². The first-order valence-electron chi connectivity index (χ1n) is 15.1. The smallest absolute Gasteiger partial charge is 0.305 e. The van der Waals surface area contributed by atoms with Gasteiger partial charge in [-0.05, 0) is 6.42 Å². The van der Waals surface area contributed by atoms with E-state index in [4.69, 9.17) is 9.47 Å². The van der Waals surface area contributed by atoms with Gasteiger partial charge in [0, 0.05) is 12.8 Å². The van der Waals surface area contributed by atoms with Gasteiger partial charge < -0.3 is 14.6 Å². The monoisotopic (exact) mass is 498 g/mol. The standard InChI is InChI=1S/C30H58O5/c1-3-5-6-7-8-9-10-11-12-13-14-15-16-17-18-19-20-21-22-23-24-25-30(33)34-27-28(26-31)35-29(32)4-2/h28,31H,3-27H2,1-2H3. The largest absolute Gasteiger partial charge is 0.462 e. The van der Waals surface area contributed by atoms with Crippen molar-refractivity contribution >= 4 is 11.9 Å². The van der Waals surface area contributed by atoms with Gasteiger partial charge in [0.2, 0.25) is 0 Å². The SMILES string of the molecule is CCCCCCCCCCCCCCCCCCCCCCCC(=O)OCC(CO)OC(=O)CC. The van der Waals surface area contributed by atoms with Crippen molar-refractivity contribution in [3.63, 3.8) is 0 Å². The molecule has 0 spiro atoms. The Balaban J connectivity index is 3.26. The number of rotatable bonds is 27. The molecule has 0 aromatic heterocycles. The Morgan fingerprint density at radius 3 is 1.29 bits per heavy atom. The van der Waals surface area contributed by atoms with Crippen molar-refractivity contribution in [3.05, 3.63) is 0 Å². The molecule has 0 amide bonds. The summed E-state index contributed by atoms with van der Waals surface area (Å²) in [5.41, 5.74) is 0. The van der Waals surface area contributed by atoms with Gasteiger partial charge in [-0.1, -0.05) is 142 Å². The minimum Gasteiger partial charge on any atom is -0.462 e. The highest BCUT2D eigenvalue weighted by Gasteiger charge is 2.14. The number of hydrogen-bond acceptors (Lipinski definition) is 5. The molecule has 0 heterocycles. The molecular formula is C30H58O5. The highest BCUT2D eigenvalue weighted by Crippen LogP contribution is 2.15. The minimum absolute atomic E-state index is 0.0691. The van der Waals surface area contributed by atoms with Crippen LogP contribution in [0.1, 0.15) is 162 Å². The fourth-order valence-electron chi connectivity index (χ4n) is 4.35. The molecule has 0 aromatic rings. The van der Waals surface area contributed by atoms with Crippen LogP contribution >= 0.6 is 0 Å². The third-order valence-corrected chi connectivity index (χ3v) is 6.71. The third-order valence-electron chi connectivity index (χ3n) is 6.71. The van der Waals surface area contributed by atoms with Gasteiger partial charge >= 0.3 is 11.9 Å². The zero-order valence-corrected chi connectivity index (χ0v) is 23.3. The van der Waals surface area contributed by atoms with Gasteiger partial charge in [0.25, 0.3) is 0 Å². The Bertz CT molecular complexity index is 466. The maximum atomic E-state index is 11.8. The van der Waals surface area contributed by atoms with Gasteiger partial charge in [-0.2, -0.15) is 0 Å². The maximum Gasteiger partial charge on any atom is 0.305 e. The molecule has 5 nitrogen and oxygen atoms in total. The van der Waals surface area contributed by atoms with E-state index in [0.717, 1.165) is 12.8 Å². The van der Waals surface area contributed by atoms with Crippen molar-refractivity contribution in [1.82, 2.24) is 0 Å². The van der Waals surface area contributed by atoms with Crippen molar-refractivity contribution in [2.45, 2.75) is 168 Å². The van der Waals surface area contributed by atoms with E-state index in [9.17, 15) is 14.7 Å². The molecule has 0 bridgehead atoms. The van der Waals surface area contributed by atoms with Crippen LogP contribution in [-0.2, 0) is 19.1 Å². The molecule has 5 heteroatoms. The van der Waals surface area contributed by atoms with Crippen molar-refractivity contribution in [3.8, 4) is 0 Å². The lowest BCUT2D eigenvalue weighted by Crippen LogP contribution is -2.28. The molecule has 0 aliphatic carbocycles. The summed E-state index contributed by atoms with van der Waals surface area (Å²) in [6.07, 6.45) is 28.0. The first kappa shape index (κ1) is 33.9. The van der Waals surface area contributed by atoms with Gasteiger partial charge in [0.05, 0.1) is 6.61 Å². The molecule has 35 heavy (non-hydrogen) atoms. The fraction of sp³-hybridized carbons (Fsp3) is 0.933. The lowest BCUT2D eigenvalue weighted by atomic mass is 10.0. The van der Waals surface area contributed by atoms with E-state index in [1.165, 1.54) is 122 Å². The molecular weight excluding hydrogens is 440 g/mol. The molecule has 0 saturated heterocycles. The lowest BCUT2D eigenvalue weighted by molar-refractivity contribution is -0.161. The van der Waals surface area contributed by atoms with Gasteiger partial charge in [0.1, 0.15) is 6.61 Å². The zero-order valence-electron chi connectivity index (χ0n) is 23.3. The second-order valence-corrected chi connectivity index (χ2v) is 10.2. The summed E-state index contributed by atoms with van der Waals surface area (Å²) in [6.45, 7) is 3.56. The Hall–Kier alpha value is -1.10. The predicted molar refractivity (Wildman–Crippen MR) is 145 cm³/mol. The lowest BCUT2D eigenvalue weighted by Gasteiger charge is -2.15. The summed E-state index contributed by atoms with van der Waals surface area (Å²) < 4.78 is 10.1. The summed E-state index contributed by atoms with van der Waals surface area (Å²) in [5, 5.41) is 9.17. The molecule has 0 aliphatic heterocycles. The quantitative estimate of drug-likeness (QED) is 0.0908. The molecule has 208 valence electrons.